The first-order valence-corrected chi connectivity index (χ1v) is 10.4. The Kier molecular flexibility index (Phi) is 6.22. The number of halogens is 3. The molecule has 2 heterocycles. The lowest BCUT2D eigenvalue weighted by Gasteiger charge is -2.15. The van der Waals surface area contributed by atoms with Gasteiger partial charge in [0.1, 0.15) is 23.3 Å². The van der Waals surface area contributed by atoms with E-state index in [2.05, 4.69) is 20.9 Å². The van der Waals surface area contributed by atoms with Crippen LogP contribution in [0.25, 0.3) is 16.5 Å². The lowest BCUT2D eigenvalue weighted by molar-refractivity contribution is 0.262. The van der Waals surface area contributed by atoms with Gasteiger partial charge in [-0.3, -0.25) is 9.36 Å². The van der Waals surface area contributed by atoms with Gasteiger partial charge in [-0.2, -0.15) is 0 Å². The van der Waals surface area contributed by atoms with Crippen LogP contribution in [0.4, 0.5) is 35.2 Å². The van der Waals surface area contributed by atoms with Gasteiger partial charge in [-0.05, 0) is 36.1 Å². The smallest absolute Gasteiger partial charge is 0.323 e. The maximum Gasteiger partial charge on any atom is 0.323 e. The Morgan fingerprint density at radius 3 is 2.44 bits per heavy atom. The van der Waals surface area contributed by atoms with E-state index >= 15 is 0 Å². The van der Waals surface area contributed by atoms with Crippen molar-refractivity contribution in [3.8, 4) is 5.69 Å². The second-order valence-corrected chi connectivity index (χ2v) is 7.39. The van der Waals surface area contributed by atoms with Crippen LogP contribution in [-0.2, 0) is 6.42 Å². The van der Waals surface area contributed by atoms with Crippen molar-refractivity contribution in [3.63, 3.8) is 0 Å². The third kappa shape index (κ3) is 4.29. The van der Waals surface area contributed by atoms with Crippen LogP contribution < -0.4 is 21.5 Å². The minimum atomic E-state index is -1.06. The molecule has 0 unspecified atom stereocenters. The Labute approximate surface area is 192 Å². The van der Waals surface area contributed by atoms with E-state index in [0.29, 0.717) is 34.6 Å². The van der Waals surface area contributed by atoms with Gasteiger partial charge in [-0.15, -0.1) is 0 Å². The van der Waals surface area contributed by atoms with Crippen molar-refractivity contribution < 1.29 is 18.0 Å². The van der Waals surface area contributed by atoms with Crippen LogP contribution in [0.15, 0.2) is 59.7 Å². The number of rotatable bonds is 5. The summed E-state index contributed by atoms with van der Waals surface area (Å²) >= 11 is 0. The van der Waals surface area contributed by atoms with E-state index in [9.17, 15) is 22.8 Å². The number of benzene rings is 2. The zero-order chi connectivity index (χ0) is 24.4. The average molecular weight is 467 g/mol. The number of nitrogens with zero attached hydrogens (tertiary/aromatic N) is 2. The van der Waals surface area contributed by atoms with Crippen LogP contribution in [0, 0.1) is 17.5 Å². The van der Waals surface area contributed by atoms with Gasteiger partial charge < -0.3 is 16.0 Å². The number of anilines is 3. The van der Waals surface area contributed by atoms with Crippen LogP contribution >= 0.6 is 0 Å². The molecule has 174 valence electrons. The summed E-state index contributed by atoms with van der Waals surface area (Å²) in [6.07, 6.45) is 3.31. The van der Waals surface area contributed by atoms with Crippen LogP contribution in [0.1, 0.15) is 12.5 Å². The molecule has 2 amide bonds. The summed E-state index contributed by atoms with van der Waals surface area (Å²) in [6, 6.07) is 7.80. The maximum absolute atomic E-state index is 14.8. The summed E-state index contributed by atoms with van der Waals surface area (Å²) in [7, 11) is 1.70. The zero-order valence-corrected chi connectivity index (χ0v) is 18.2. The SMILES string of the molecule is CCc1c(=O)n(-c2cc(NC(=O)Nc3ccccc3F)c(F)cc2F)cc2cnc(NC)cc12. The number of pyridine rings is 2. The lowest BCUT2D eigenvalue weighted by Crippen LogP contribution is -2.24. The Morgan fingerprint density at radius 1 is 1.00 bits per heavy atom. The average Bonchev–Trinajstić information content (AvgIpc) is 2.82. The van der Waals surface area contributed by atoms with Crippen LogP contribution in [0.2, 0.25) is 0 Å². The minimum absolute atomic E-state index is 0.116. The summed E-state index contributed by atoms with van der Waals surface area (Å²) in [6.45, 7) is 1.79. The number of hydrogen-bond donors (Lipinski definition) is 3. The summed E-state index contributed by atoms with van der Waals surface area (Å²) in [5, 5.41) is 8.63. The second-order valence-electron chi connectivity index (χ2n) is 7.39. The molecule has 0 saturated heterocycles. The topological polar surface area (TPSA) is 88.1 Å². The summed E-state index contributed by atoms with van der Waals surface area (Å²) in [5.41, 5.74) is -0.835. The summed E-state index contributed by atoms with van der Waals surface area (Å²) in [4.78, 5) is 29.7. The highest BCUT2D eigenvalue weighted by molar-refractivity contribution is 6.00. The number of aryl methyl sites for hydroxylation is 1. The third-order valence-electron chi connectivity index (χ3n) is 5.28. The first-order chi connectivity index (χ1) is 16.3. The summed E-state index contributed by atoms with van der Waals surface area (Å²) in [5.74, 6) is -2.17. The predicted molar refractivity (Wildman–Crippen MR) is 125 cm³/mol. The standard InChI is InChI=1S/C24H20F3N5O2/c1-3-14-15-8-22(28-2)29-11-13(15)12-32(23(14)33)21-10-20(17(26)9-18(21)27)31-24(34)30-19-7-5-4-6-16(19)25/h4-12,28H,3H2,1-2H3,(H2,30,31,34). The van der Waals surface area contributed by atoms with Gasteiger partial charge in [-0.25, -0.2) is 22.9 Å². The highest BCUT2D eigenvalue weighted by atomic mass is 19.1. The molecule has 0 aliphatic rings. The van der Waals surface area contributed by atoms with E-state index in [-0.39, 0.29) is 17.1 Å². The molecule has 0 atom stereocenters. The number of urea groups is 1. The monoisotopic (exact) mass is 467 g/mol. The molecule has 7 nitrogen and oxygen atoms in total. The van der Waals surface area contributed by atoms with Crippen molar-refractivity contribution in [1.29, 1.82) is 0 Å². The Hall–Kier alpha value is -4.34. The van der Waals surface area contributed by atoms with Gasteiger partial charge in [0.2, 0.25) is 0 Å². The summed E-state index contributed by atoms with van der Waals surface area (Å²) < 4.78 is 44.1. The van der Waals surface area contributed by atoms with Gasteiger partial charge in [-0.1, -0.05) is 19.1 Å². The lowest BCUT2D eigenvalue weighted by atomic mass is 10.1. The molecule has 10 heteroatoms. The maximum atomic E-state index is 14.8. The fraction of sp³-hybridized carbons (Fsp3) is 0.125. The van der Waals surface area contributed by atoms with E-state index in [0.717, 1.165) is 16.7 Å². The quantitative estimate of drug-likeness (QED) is 0.383. The molecule has 3 N–H and O–H groups in total. The Morgan fingerprint density at radius 2 is 1.74 bits per heavy atom. The van der Waals surface area contributed by atoms with Crippen molar-refractivity contribution in [3.05, 3.63) is 88.2 Å². The number of para-hydroxylation sites is 1. The highest BCUT2D eigenvalue weighted by Gasteiger charge is 2.18. The first-order valence-electron chi connectivity index (χ1n) is 10.4. The van der Waals surface area contributed by atoms with Crippen molar-refractivity contribution in [2.45, 2.75) is 13.3 Å². The number of amides is 2. The molecule has 2 aromatic carbocycles. The predicted octanol–water partition coefficient (Wildman–Crippen LogP) is 5.05. The van der Waals surface area contributed by atoms with Gasteiger partial charge in [0.05, 0.1) is 17.1 Å². The van der Waals surface area contributed by atoms with Gasteiger partial charge in [0.25, 0.3) is 5.56 Å². The fourth-order valence-corrected chi connectivity index (χ4v) is 3.60. The van der Waals surface area contributed by atoms with Gasteiger partial charge in [0, 0.05) is 36.5 Å². The molecule has 0 aliphatic carbocycles. The number of carbonyl (C=O) groups is 1. The van der Waals surface area contributed by atoms with E-state index in [1.807, 2.05) is 0 Å². The zero-order valence-electron chi connectivity index (χ0n) is 18.2. The molecule has 0 spiro atoms. The molecule has 0 bridgehead atoms. The molecule has 0 radical (unpaired) electrons. The van der Waals surface area contributed by atoms with E-state index in [4.69, 9.17) is 0 Å². The molecule has 4 aromatic rings. The molecule has 2 aromatic heterocycles. The molecule has 34 heavy (non-hydrogen) atoms. The molecule has 0 saturated carbocycles. The molecular weight excluding hydrogens is 447 g/mol. The highest BCUT2D eigenvalue weighted by Crippen LogP contribution is 2.25. The third-order valence-corrected chi connectivity index (χ3v) is 5.28. The van der Waals surface area contributed by atoms with Gasteiger partial charge >= 0.3 is 6.03 Å². The molecule has 0 aliphatic heterocycles. The number of aromatic nitrogens is 2. The van der Waals surface area contributed by atoms with Crippen molar-refractivity contribution in [2.24, 2.45) is 0 Å². The van der Waals surface area contributed by atoms with E-state index in [1.165, 1.54) is 24.4 Å². The van der Waals surface area contributed by atoms with Crippen LogP contribution in [-0.4, -0.2) is 22.6 Å². The number of fused-ring (bicyclic) bond motifs is 1. The van der Waals surface area contributed by atoms with Crippen molar-refractivity contribution in [1.82, 2.24) is 9.55 Å². The molecule has 0 fully saturated rings. The Bertz CT molecular complexity index is 1470. The van der Waals surface area contributed by atoms with E-state index < -0.39 is 29.0 Å². The van der Waals surface area contributed by atoms with E-state index in [1.54, 1.807) is 26.2 Å². The number of hydrogen-bond acceptors (Lipinski definition) is 4. The second kappa shape index (κ2) is 9.26. The van der Waals surface area contributed by atoms with Crippen molar-refractivity contribution >= 4 is 34.0 Å². The Balaban J connectivity index is 1.76. The fourth-order valence-electron chi connectivity index (χ4n) is 3.60. The number of nitrogens with one attached hydrogen (secondary N) is 3. The molecule has 4 rings (SSSR count). The van der Waals surface area contributed by atoms with Crippen molar-refractivity contribution in [2.75, 3.05) is 23.0 Å². The van der Waals surface area contributed by atoms with Gasteiger partial charge in [0.15, 0.2) is 0 Å². The first kappa shape index (κ1) is 22.8. The normalized spacial score (nSPS) is 10.9. The van der Waals surface area contributed by atoms with Crippen LogP contribution in [0.3, 0.4) is 0 Å². The number of carbonyl (C=O) groups excluding carboxylic acids is 1. The molecular formula is C24H20F3N5O2. The minimum Gasteiger partial charge on any atom is -0.373 e. The largest absolute Gasteiger partial charge is 0.373 e. The van der Waals surface area contributed by atoms with Crippen LogP contribution in [0.5, 0.6) is 0 Å².